The molecule has 0 unspecified atom stereocenters. The van der Waals surface area contributed by atoms with E-state index in [1.165, 1.54) is 6.07 Å². The number of aliphatic carboxylic acids is 1. The summed E-state index contributed by atoms with van der Waals surface area (Å²) in [5.41, 5.74) is 1.06. The zero-order valence-corrected chi connectivity index (χ0v) is 12.6. The van der Waals surface area contributed by atoms with Crippen LogP contribution in [0, 0.1) is 10.1 Å². The van der Waals surface area contributed by atoms with Gasteiger partial charge in [0.05, 0.1) is 11.5 Å². The number of likely N-dealkylation sites (tertiary alicyclic amines) is 1. The second-order valence-electron chi connectivity index (χ2n) is 5.74. The van der Waals surface area contributed by atoms with E-state index in [-0.39, 0.29) is 23.2 Å². The van der Waals surface area contributed by atoms with Crippen LogP contribution in [0.4, 0.5) is 5.69 Å². The molecule has 7 heteroatoms. The number of nitrogens with zero attached hydrogens (tertiary/aromatic N) is 3. The van der Waals surface area contributed by atoms with Crippen molar-refractivity contribution in [2.45, 2.75) is 25.4 Å². The van der Waals surface area contributed by atoms with Crippen molar-refractivity contribution in [3.05, 3.63) is 39.9 Å². The average molecular weight is 307 g/mol. The number of non-ortho nitro benzene ring substituents is 1. The molecule has 1 aromatic carbocycles. The standard InChI is InChI=1S/C15H21N3O4/c1-16(11-15(19)20)13-5-7-17(8-6-13)10-12-3-2-4-14(9-12)18(21)22/h2-4,9,13H,5-8,10-11H2,1H3,(H,19,20). The number of carboxylic acids is 1. The van der Waals surface area contributed by atoms with Crippen molar-refractivity contribution in [2.24, 2.45) is 0 Å². The zero-order valence-electron chi connectivity index (χ0n) is 12.6. The van der Waals surface area contributed by atoms with E-state index in [1.807, 2.05) is 18.0 Å². The molecule has 2 rings (SSSR count). The number of nitro benzene ring substituents is 1. The second-order valence-corrected chi connectivity index (χ2v) is 5.74. The van der Waals surface area contributed by atoms with Gasteiger partial charge in [-0.15, -0.1) is 0 Å². The Balaban J connectivity index is 1.86. The lowest BCUT2D eigenvalue weighted by Gasteiger charge is -2.36. The maximum atomic E-state index is 10.8. The Morgan fingerprint density at radius 3 is 2.73 bits per heavy atom. The number of carboxylic acid groups (broad SMARTS) is 1. The van der Waals surface area contributed by atoms with Gasteiger partial charge < -0.3 is 5.11 Å². The van der Waals surface area contributed by atoms with Crippen LogP contribution in [0.1, 0.15) is 18.4 Å². The molecule has 0 saturated carbocycles. The highest BCUT2D eigenvalue weighted by atomic mass is 16.6. The minimum absolute atomic E-state index is 0.0650. The lowest BCUT2D eigenvalue weighted by molar-refractivity contribution is -0.384. The van der Waals surface area contributed by atoms with Crippen LogP contribution in [-0.4, -0.2) is 58.5 Å². The van der Waals surface area contributed by atoms with Crippen molar-refractivity contribution in [1.29, 1.82) is 0 Å². The molecule has 0 aliphatic carbocycles. The van der Waals surface area contributed by atoms with Gasteiger partial charge in [-0.25, -0.2) is 0 Å². The first-order chi connectivity index (χ1) is 10.5. The fourth-order valence-electron chi connectivity index (χ4n) is 2.89. The largest absolute Gasteiger partial charge is 0.480 e. The molecule has 120 valence electrons. The van der Waals surface area contributed by atoms with Crippen LogP contribution in [0.2, 0.25) is 0 Å². The molecule has 0 spiro atoms. The summed E-state index contributed by atoms with van der Waals surface area (Å²) in [7, 11) is 1.84. The van der Waals surface area contributed by atoms with Gasteiger partial charge in [0.25, 0.3) is 5.69 Å². The van der Waals surface area contributed by atoms with Crippen LogP contribution in [0.25, 0.3) is 0 Å². The van der Waals surface area contributed by atoms with Gasteiger partial charge in [0.2, 0.25) is 0 Å². The predicted octanol–water partition coefficient (Wildman–Crippen LogP) is 1.58. The number of carbonyl (C=O) groups is 1. The second kappa shape index (κ2) is 7.33. The lowest BCUT2D eigenvalue weighted by Crippen LogP contribution is -2.44. The first-order valence-electron chi connectivity index (χ1n) is 7.33. The smallest absolute Gasteiger partial charge is 0.317 e. The molecule has 1 N–H and O–H groups in total. The van der Waals surface area contributed by atoms with Crippen LogP contribution in [0.5, 0.6) is 0 Å². The van der Waals surface area contributed by atoms with Gasteiger partial charge in [0, 0.05) is 24.7 Å². The number of likely N-dealkylation sites (N-methyl/N-ethyl adjacent to an activating group) is 1. The van der Waals surface area contributed by atoms with Gasteiger partial charge in [-0.1, -0.05) is 12.1 Å². The van der Waals surface area contributed by atoms with Crippen molar-refractivity contribution in [3.63, 3.8) is 0 Å². The SMILES string of the molecule is CN(CC(=O)O)C1CCN(Cc2cccc([N+](=O)[O-])c2)CC1. The molecule has 1 heterocycles. The fraction of sp³-hybridized carbons (Fsp3) is 0.533. The van der Waals surface area contributed by atoms with Crippen molar-refractivity contribution in [3.8, 4) is 0 Å². The first kappa shape index (κ1) is 16.4. The van der Waals surface area contributed by atoms with Gasteiger partial charge in [-0.3, -0.25) is 24.7 Å². The van der Waals surface area contributed by atoms with E-state index in [0.717, 1.165) is 31.5 Å². The number of rotatable bonds is 6. The van der Waals surface area contributed by atoms with Gasteiger partial charge in [0.15, 0.2) is 0 Å². The molecule has 22 heavy (non-hydrogen) atoms. The molecule has 1 aromatic rings. The molecule has 1 saturated heterocycles. The number of benzene rings is 1. The normalized spacial score (nSPS) is 16.8. The minimum atomic E-state index is -0.804. The molecule has 0 aromatic heterocycles. The summed E-state index contributed by atoms with van der Waals surface area (Å²) in [6.45, 7) is 2.50. The van der Waals surface area contributed by atoms with E-state index >= 15 is 0 Å². The summed E-state index contributed by atoms with van der Waals surface area (Å²) < 4.78 is 0. The predicted molar refractivity (Wildman–Crippen MR) is 81.7 cm³/mol. The Bertz CT molecular complexity index is 541. The van der Waals surface area contributed by atoms with Crippen LogP contribution in [0.3, 0.4) is 0 Å². The summed E-state index contributed by atoms with van der Waals surface area (Å²) in [6, 6.07) is 7.01. The van der Waals surface area contributed by atoms with Crippen molar-refractivity contribution in [2.75, 3.05) is 26.7 Å². The maximum Gasteiger partial charge on any atom is 0.317 e. The lowest BCUT2D eigenvalue weighted by atomic mass is 10.0. The van der Waals surface area contributed by atoms with E-state index < -0.39 is 5.97 Å². The number of hydrogen-bond acceptors (Lipinski definition) is 5. The molecular formula is C15H21N3O4. The van der Waals surface area contributed by atoms with E-state index in [0.29, 0.717) is 6.54 Å². The van der Waals surface area contributed by atoms with Crippen molar-refractivity contribution in [1.82, 2.24) is 9.80 Å². The third kappa shape index (κ3) is 4.51. The summed E-state index contributed by atoms with van der Waals surface area (Å²) in [5, 5.41) is 19.6. The quantitative estimate of drug-likeness (QED) is 0.634. The Hall–Kier alpha value is -1.99. The highest BCUT2D eigenvalue weighted by Gasteiger charge is 2.23. The van der Waals surface area contributed by atoms with Crippen LogP contribution in [-0.2, 0) is 11.3 Å². The fourth-order valence-corrected chi connectivity index (χ4v) is 2.89. The number of hydrogen-bond donors (Lipinski definition) is 1. The van der Waals surface area contributed by atoms with Crippen LogP contribution < -0.4 is 0 Å². The zero-order chi connectivity index (χ0) is 16.1. The molecule has 0 atom stereocenters. The molecule has 7 nitrogen and oxygen atoms in total. The molecule has 1 aliphatic rings. The van der Waals surface area contributed by atoms with Gasteiger partial charge in [-0.2, -0.15) is 0 Å². The average Bonchev–Trinajstić information content (AvgIpc) is 2.47. The molecule has 0 amide bonds. The van der Waals surface area contributed by atoms with Gasteiger partial charge in [-0.05, 0) is 38.5 Å². The van der Waals surface area contributed by atoms with Gasteiger partial charge >= 0.3 is 5.97 Å². The maximum absolute atomic E-state index is 10.8. The molecule has 0 radical (unpaired) electrons. The molecule has 1 aliphatic heterocycles. The topological polar surface area (TPSA) is 86.9 Å². The van der Waals surface area contributed by atoms with E-state index in [4.69, 9.17) is 5.11 Å². The van der Waals surface area contributed by atoms with E-state index in [1.54, 1.807) is 12.1 Å². The monoisotopic (exact) mass is 307 g/mol. The van der Waals surface area contributed by atoms with E-state index in [2.05, 4.69) is 4.90 Å². The highest BCUT2D eigenvalue weighted by Crippen LogP contribution is 2.19. The third-order valence-electron chi connectivity index (χ3n) is 4.09. The Morgan fingerprint density at radius 2 is 2.14 bits per heavy atom. The highest BCUT2D eigenvalue weighted by molar-refractivity contribution is 5.69. The molecule has 1 fully saturated rings. The minimum Gasteiger partial charge on any atom is -0.480 e. The summed E-state index contributed by atoms with van der Waals surface area (Å²) in [6.07, 6.45) is 1.83. The summed E-state index contributed by atoms with van der Waals surface area (Å²) >= 11 is 0. The summed E-state index contributed by atoms with van der Waals surface area (Å²) in [5.74, 6) is -0.804. The molecule has 0 bridgehead atoms. The Labute approximate surface area is 129 Å². The van der Waals surface area contributed by atoms with Crippen molar-refractivity contribution < 1.29 is 14.8 Å². The van der Waals surface area contributed by atoms with Crippen LogP contribution >= 0.6 is 0 Å². The first-order valence-corrected chi connectivity index (χ1v) is 7.33. The van der Waals surface area contributed by atoms with Crippen molar-refractivity contribution >= 4 is 11.7 Å². The van der Waals surface area contributed by atoms with Crippen LogP contribution in [0.15, 0.2) is 24.3 Å². The van der Waals surface area contributed by atoms with E-state index in [9.17, 15) is 14.9 Å². The van der Waals surface area contributed by atoms with Gasteiger partial charge in [0.1, 0.15) is 0 Å². The third-order valence-corrected chi connectivity index (χ3v) is 4.09. The number of piperidine rings is 1. The Kier molecular flexibility index (Phi) is 5.46. The number of nitro groups is 1. The molecular weight excluding hydrogens is 286 g/mol. The summed E-state index contributed by atoms with van der Waals surface area (Å²) in [4.78, 5) is 25.3. The Morgan fingerprint density at radius 1 is 1.45 bits per heavy atom.